The van der Waals surface area contributed by atoms with Gasteiger partial charge in [-0.05, 0) is 31.5 Å². The van der Waals surface area contributed by atoms with Gasteiger partial charge in [0.15, 0.2) is 12.2 Å². The molecule has 0 spiro atoms. The Morgan fingerprint density at radius 2 is 1.86 bits per heavy atom. The summed E-state index contributed by atoms with van der Waals surface area (Å²) in [6.45, 7) is 5.54. The van der Waals surface area contributed by atoms with Crippen LogP contribution in [0.15, 0.2) is 53.4 Å². The summed E-state index contributed by atoms with van der Waals surface area (Å²) in [6.07, 6.45) is 1.45. The van der Waals surface area contributed by atoms with E-state index in [0.717, 1.165) is 47.1 Å². The third-order valence-corrected chi connectivity index (χ3v) is 7.51. The SMILES string of the molecule is CCCCc1nc2c(N)nc3ccccc3c2n1CCOCCNC(O)NS(=O)(=O)c1ccc(C)cc1. The molecule has 0 amide bonds. The first-order chi connectivity index (χ1) is 17.8. The Hall–Kier alpha value is -3.09. The summed E-state index contributed by atoms with van der Waals surface area (Å²) in [7, 11) is -3.84. The van der Waals surface area contributed by atoms with E-state index in [4.69, 9.17) is 15.5 Å². The van der Waals surface area contributed by atoms with Gasteiger partial charge < -0.3 is 20.1 Å². The van der Waals surface area contributed by atoms with Crippen LogP contribution in [-0.4, -0.2) is 54.2 Å². The molecule has 10 nitrogen and oxygen atoms in total. The number of para-hydroxylation sites is 1. The smallest absolute Gasteiger partial charge is 0.243 e. The van der Waals surface area contributed by atoms with Crippen LogP contribution in [0.5, 0.6) is 0 Å². The molecule has 2 heterocycles. The number of anilines is 1. The number of imidazole rings is 1. The van der Waals surface area contributed by atoms with Crippen LogP contribution in [0.3, 0.4) is 0 Å². The first-order valence-corrected chi connectivity index (χ1v) is 13.9. The molecule has 2 aromatic heterocycles. The second-order valence-corrected chi connectivity index (χ2v) is 10.6. The molecule has 0 saturated carbocycles. The topological polar surface area (TPSA) is 144 Å². The van der Waals surface area contributed by atoms with Gasteiger partial charge in [-0.3, -0.25) is 5.32 Å². The second-order valence-electron chi connectivity index (χ2n) is 8.90. The van der Waals surface area contributed by atoms with Crippen LogP contribution in [0.4, 0.5) is 5.82 Å². The van der Waals surface area contributed by atoms with Crippen LogP contribution >= 0.6 is 0 Å². The number of pyridine rings is 1. The molecule has 0 radical (unpaired) electrons. The maximum absolute atomic E-state index is 12.4. The van der Waals surface area contributed by atoms with Crippen molar-refractivity contribution in [2.45, 2.75) is 50.9 Å². The van der Waals surface area contributed by atoms with Gasteiger partial charge in [-0.25, -0.2) is 18.4 Å². The van der Waals surface area contributed by atoms with E-state index in [2.05, 4.69) is 26.5 Å². The molecule has 1 atom stereocenters. The third-order valence-electron chi connectivity index (χ3n) is 6.08. The molecule has 4 rings (SSSR count). The standard InChI is InChI=1S/C26H34N6O4S/c1-3-4-9-22-30-23-24(20-7-5-6-8-21(20)29-25(23)27)32(22)15-17-36-16-14-28-26(33)31-37(34,35)19-12-10-18(2)11-13-19/h5-8,10-13,26,28,31,33H,3-4,9,14-17H2,1-2H3,(H2,27,29). The molecular formula is C26H34N6O4S. The number of aliphatic hydroxyl groups excluding tert-OH is 1. The maximum Gasteiger partial charge on any atom is 0.243 e. The zero-order valence-electron chi connectivity index (χ0n) is 21.1. The van der Waals surface area contributed by atoms with Crippen LogP contribution in [0.2, 0.25) is 0 Å². The molecule has 198 valence electrons. The highest BCUT2D eigenvalue weighted by molar-refractivity contribution is 7.89. The zero-order valence-corrected chi connectivity index (χ0v) is 22.0. The van der Waals surface area contributed by atoms with Crippen molar-refractivity contribution in [3.05, 3.63) is 59.9 Å². The number of aliphatic hydroxyl groups is 1. The van der Waals surface area contributed by atoms with Crippen LogP contribution in [-0.2, 0) is 27.7 Å². The normalized spacial score (nSPS) is 12.9. The number of aryl methyl sites for hydroxylation is 2. The van der Waals surface area contributed by atoms with Crippen molar-refractivity contribution in [1.82, 2.24) is 24.6 Å². The first-order valence-electron chi connectivity index (χ1n) is 12.4. The van der Waals surface area contributed by atoms with Crippen molar-refractivity contribution >= 4 is 37.8 Å². The van der Waals surface area contributed by atoms with E-state index >= 15 is 0 Å². The lowest BCUT2D eigenvalue weighted by Crippen LogP contribution is -2.46. The average molecular weight is 527 g/mol. The molecule has 37 heavy (non-hydrogen) atoms. The zero-order chi connectivity index (χ0) is 26.4. The summed E-state index contributed by atoms with van der Waals surface area (Å²) in [5.41, 5.74) is 9.67. The van der Waals surface area contributed by atoms with Gasteiger partial charge in [0.05, 0.1) is 29.1 Å². The van der Waals surface area contributed by atoms with Gasteiger partial charge in [-0.15, -0.1) is 0 Å². The summed E-state index contributed by atoms with van der Waals surface area (Å²) >= 11 is 0. The second kappa shape index (κ2) is 12.0. The lowest BCUT2D eigenvalue weighted by Gasteiger charge is -2.15. The van der Waals surface area contributed by atoms with Gasteiger partial charge in [0, 0.05) is 24.9 Å². The number of nitrogens with one attached hydrogen (secondary N) is 2. The molecule has 2 aromatic carbocycles. The summed E-state index contributed by atoms with van der Waals surface area (Å²) in [4.78, 5) is 9.41. The highest BCUT2D eigenvalue weighted by Crippen LogP contribution is 2.29. The number of aromatic nitrogens is 3. The summed E-state index contributed by atoms with van der Waals surface area (Å²) in [5.74, 6) is 1.36. The van der Waals surface area contributed by atoms with Crippen molar-refractivity contribution in [1.29, 1.82) is 0 Å². The third kappa shape index (κ3) is 6.43. The number of rotatable bonds is 13. The number of fused-ring (bicyclic) bond motifs is 3. The van der Waals surface area contributed by atoms with Crippen LogP contribution in [0.1, 0.15) is 31.2 Å². The minimum atomic E-state index is -3.84. The van der Waals surface area contributed by atoms with Gasteiger partial charge in [0.25, 0.3) is 0 Å². The summed E-state index contributed by atoms with van der Waals surface area (Å²) < 4.78 is 34.9. The highest BCUT2D eigenvalue weighted by Gasteiger charge is 2.18. The first kappa shape index (κ1) is 27.0. The number of nitrogens with zero attached hydrogens (tertiary/aromatic N) is 3. The van der Waals surface area contributed by atoms with E-state index in [0.29, 0.717) is 24.5 Å². The van der Waals surface area contributed by atoms with E-state index in [1.165, 1.54) is 12.1 Å². The molecule has 0 aliphatic rings. The summed E-state index contributed by atoms with van der Waals surface area (Å²) in [6, 6.07) is 14.3. The lowest BCUT2D eigenvalue weighted by molar-refractivity contribution is 0.0902. The number of unbranched alkanes of at least 4 members (excludes halogenated alkanes) is 1. The number of nitrogen functional groups attached to an aromatic ring is 1. The predicted octanol–water partition coefficient (Wildman–Crippen LogP) is 2.68. The van der Waals surface area contributed by atoms with Crippen molar-refractivity contribution in [2.75, 3.05) is 25.5 Å². The number of nitrogens with two attached hydrogens (primary N) is 1. The molecule has 0 bridgehead atoms. The molecule has 5 N–H and O–H groups in total. The monoisotopic (exact) mass is 526 g/mol. The highest BCUT2D eigenvalue weighted by atomic mass is 32.2. The van der Waals surface area contributed by atoms with Crippen molar-refractivity contribution in [3.63, 3.8) is 0 Å². The molecule has 0 aliphatic heterocycles. The fourth-order valence-corrected chi connectivity index (χ4v) is 5.18. The Balaban J connectivity index is 1.34. The quantitative estimate of drug-likeness (QED) is 0.154. The maximum atomic E-state index is 12.4. The van der Waals surface area contributed by atoms with Crippen molar-refractivity contribution in [2.24, 2.45) is 0 Å². The Bertz CT molecular complexity index is 1450. The minimum Gasteiger partial charge on any atom is -0.382 e. The van der Waals surface area contributed by atoms with E-state index in [1.54, 1.807) is 12.1 Å². The van der Waals surface area contributed by atoms with Gasteiger partial charge in [0.2, 0.25) is 10.0 Å². The molecule has 0 aliphatic carbocycles. The van der Waals surface area contributed by atoms with Gasteiger partial charge in [-0.2, -0.15) is 4.72 Å². The largest absolute Gasteiger partial charge is 0.382 e. The lowest BCUT2D eigenvalue weighted by atomic mass is 10.2. The van der Waals surface area contributed by atoms with E-state index < -0.39 is 16.4 Å². The fourth-order valence-electron chi connectivity index (χ4n) is 4.17. The molecule has 0 fully saturated rings. The average Bonchev–Trinajstić information content (AvgIpc) is 3.24. The van der Waals surface area contributed by atoms with Crippen molar-refractivity contribution in [3.8, 4) is 0 Å². The van der Waals surface area contributed by atoms with E-state index in [9.17, 15) is 13.5 Å². The number of hydrogen-bond acceptors (Lipinski definition) is 8. The van der Waals surface area contributed by atoms with E-state index in [-0.39, 0.29) is 18.0 Å². The summed E-state index contributed by atoms with van der Waals surface area (Å²) in [5, 5.41) is 13.8. The molecule has 4 aromatic rings. The number of ether oxygens (including phenoxy) is 1. The van der Waals surface area contributed by atoms with Gasteiger partial charge in [-0.1, -0.05) is 49.2 Å². The number of benzene rings is 2. The van der Waals surface area contributed by atoms with Crippen molar-refractivity contribution < 1.29 is 18.3 Å². The number of sulfonamides is 1. The Morgan fingerprint density at radius 1 is 1.11 bits per heavy atom. The van der Waals surface area contributed by atoms with Crippen LogP contribution in [0.25, 0.3) is 21.9 Å². The Morgan fingerprint density at radius 3 is 2.62 bits per heavy atom. The van der Waals surface area contributed by atoms with Crippen LogP contribution in [0, 0.1) is 6.92 Å². The molecule has 0 saturated heterocycles. The van der Waals surface area contributed by atoms with E-state index in [1.807, 2.05) is 31.2 Å². The minimum absolute atomic E-state index is 0.0880. The molecule has 11 heteroatoms. The van der Waals surface area contributed by atoms with Gasteiger partial charge >= 0.3 is 0 Å². The number of hydrogen-bond donors (Lipinski definition) is 4. The molecular weight excluding hydrogens is 492 g/mol. The molecule has 1 unspecified atom stereocenters. The Kier molecular flexibility index (Phi) is 8.72. The predicted molar refractivity (Wildman–Crippen MR) is 144 cm³/mol. The fraction of sp³-hybridized carbons (Fsp3) is 0.385. The Labute approximate surface area is 216 Å². The van der Waals surface area contributed by atoms with Gasteiger partial charge in [0.1, 0.15) is 11.3 Å². The van der Waals surface area contributed by atoms with Crippen LogP contribution < -0.4 is 15.8 Å².